The van der Waals surface area contributed by atoms with Crippen LogP contribution < -0.4 is 34.1 Å². The van der Waals surface area contributed by atoms with Crippen LogP contribution in [0.2, 0.25) is 0 Å². The topological polar surface area (TPSA) is 230 Å². The van der Waals surface area contributed by atoms with Crippen LogP contribution in [0.3, 0.4) is 0 Å². The largest absolute Gasteiger partial charge is 0.519 e. The number of benzene rings is 1. The van der Waals surface area contributed by atoms with Gasteiger partial charge in [0.05, 0.1) is 11.4 Å². The maximum absolute atomic E-state index is 11.1. The number of anilines is 4. The molecule has 0 saturated carbocycles. The van der Waals surface area contributed by atoms with E-state index in [0.717, 1.165) is 0 Å². The van der Waals surface area contributed by atoms with Crippen LogP contribution >= 0.6 is 0 Å². The van der Waals surface area contributed by atoms with E-state index in [9.17, 15) is 9.59 Å². The number of pyridine rings is 1. The molecular formula is C19H26N6O6Y. The Balaban J connectivity index is 0.000000466. The zero-order valence-electron chi connectivity index (χ0n) is 17.4. The fourth-order valence-electron chi connectivity index (χ4n) is 1.90. The predicted octanol–water partition coefficient (Wildman–Crippen LogP) is 0.539. The Morgan fingerprint density at radius 2 is 1.75 bits per heavy atom. The molecule has 0 aliphatic carbocycles. The van der Waals surface area contributed by atoms with Gasteiger partial charge in [-0.05, 0) is 31.2 Å². The smallest absolute Gasteiger partial charge is 0.506 e. The average Bonchev–Trinajstić information content (AvgIpc) is 3.05. The van der Waals surface area contributed by atoms with Crippen molar-refractivity contribution in [2.75, 3.05) is 29.1 Å². The number of carbonyl (C=O) groups excluding carboxylic acids is 1. The zero-order chi connectivity index (χ0) is 23.4. The molecule has 0 spiro atoms. The first kappa shape index (κ1) is 29.1. The molecule has 171 valence electrons. The van der Waals surface area contributed by atoms with Gasteiger partial charge in [0.1, 0.15) is 29.8 Å². The monoisotopic (exact) mass is 523 g/mol. The third kappa shape index (κ3) is 10.4. The number of hydrogen-bond donors (Lipinski definition) is 7. The SMILES string of the molecule is Cc1oc(=O)oc1CO.NCCC(=O)Nc1ccc(N)c(N)n1.Nc1ccccc1O.[Y]. The number of carbonyl (C=O) groups is 1. The number of aliphatic hydroxyl groups is 1. The van der Waals surface area contributed by atoms with E-state index in [0.29, 0.717) is 29.5 Å². The normalized spacial score (nSPS) is 9.34. The first-order chi connectivity index (χ1) is 14.7. The van der Waals surface area contributed by atoms with E-state index in [1.165, 1.54) is 0 Å². The van der Waals surface area contributed by atoms with Gasteiger partial charge in [0.15, 0.2) is 5.76 Å². The minimum absolute atomic E-state index is 0. The molecule has 2 aromatic heterocycles. The molecule has 3 rings (SSSR count). The third-order valence-electron chi connectivity index (χ3n) is 3.51. The summed E-state index contributed by atoms with van der Waals surface area (Å²) in [6.07, 6.45) is 0.256. The van der Waals surface area contributed by atoms with Crippen molar-refractivity contribution in [1.29, 1.82) is 0 Å². The van der Waals surface area contributed by atoms with Gasteiger partial charge in [-0.3, -0.25) is 4.79 Å². The number of nitrogens with zero attached hydrogens (tertiary/aromatic N) is 1. The van der Waals surface area contributed by atoms with Gasteiger partial charge in [-0.1, -0.05) is 12.1 Å². The molecule has 11 N–H and O–H groups in total. The number of phenolic OH excluding ortho intramolecular Hbond substituents is 1. The van der Waals surface area contributed by atoms with Gasteiger partial charge in [-0.25, -0.2) is 9.78 Å². The number of nitrogens with one attached hydrogen (secondary N) is 1. The molecule has 0 bridgehead atoms. The zero-order valence-corrected chi connectivity index (χ0v) is 20.3. The molecule has 0 fully saturated rings. The maximum atomic E-state index is 11.1. The second-order valence-electron chi connectivity index (χ2n) is 5.91. The van der Waals surface area contributed by atoms with Crippen LogP contribution in [0.5, 0.6) is 5.75 Å². The average molecular weight is 523 g/mol. The van der Waals surface area contributed by atoms with E-state index >= 15 is 0 Å². The number of aromatic nitrogens is 1. The number of amides is 1. The molecule has 1 aromatic carbocycles. The number of aryl methyl sites for hydroxylation is 1. The van der Waals surface area contributed by atoms with Gasteiger partial charge in [0.2, 0.25) is 5.91 Å². The fraction of sp³-hybridized carbons (Fsp3) is 0.211. The van der Waals surface area contributed by atoms with Crippen LogP contribution in [-0.4, -0.2) is 27.6 Å². The number of nitrogen functional groups attached to an aromatic ring is 3. The summed E-state index contributed by atoms with van der Waals surface area (Å²) in [4.78, 5) is 25.2. The van der Waals surface area contributed by atoms with Gasteiger partial charge in [-0.2, -0.15) is 0 Å². The van der Waals surface area contributed by atoms with Gasteiger partial charge in [0, 0.05) is 45.7 Å². The minimum Gasteiger partial charge on any atom is -0.506 e. The molecule has 13 heteroatoms. The van der Waals surface area contributed by atoms with Gasteiger partial charge in [0.25, 0.3) is 0 Å². The van der Waals surface area contributed by atoms with Crippen molar-refractivity contribution in [2.45, 2.75) is 20.0 Å². The van der Waals surface area contributed by atoms with Crippen molar-refractivity contribution < 1.29 is 56.6 Å². The Morgan fingerprint density at radius 1 is 1.09 bits per heavy atom. The van der Waals surface area contributed by atoms with Crippen LogP contribution in [-0.2, 0) is 44.1 Å². The molecule has 2 heterocycles. The molecular weight excluding hydrogens is 497 g/mol. The van der Waals surface area contributed by atoms with Crippen molar-refractivity contribution in [1.82, 2.24) is 4.98 Å². The first-order valence-corrected chi connectivity index (χ1v) is 8.93. The van der Waals surface area contributed by atoms with Crippen LogP contribution in [0.25, 0.3) is 0 Å². The molecule has 0 aliphatic rings. The maximum Gasteiger partial charge on any atom is 0.519 e. The van der Waals surface area contributed by atoms with Gasteiger partial charge < -0.3 is 47.3 Å². The number of para-hydroxylation sites is 2. The molecule has 3 aromatic rings. The summed E-state index contributed by atoms with van der Waals surface area (Å²) in [5, 5.41) is 19.8. The van der Waals surface area contributed by atoms with Crippen LogP contribution in [0.4, 0.5) is 23.0 Å². The Morgan fingerprint density at radius 3 is 2.16 bits per heavy atom. The molecule has 0 saturated heterocycles. The van der Waals surface area contributed by atoms with E-state index in [-0.39, 0.29) is 69.0 Å². The Kier molecular flexibility index (Phi) is 13.6. The van der Waals surface area contributed by atoms with E-state index in [1.807, 2.05) is 0 Å². The summed E-state index contributed by atoms with van der Waals surface area (Å²) in [7, 11) is 0. The number of rotatable bonds is 4. The molecule has 12 nitrogen and oxygen atoms in total. The van der Waals surface area contributed by atoms with Crippen molar-refractivity contribution >= 4 is 28.9 Å². The second-order valence-corrected chi connectivity index (χ2v) is 5.91. The Bertz CT molecular complexity index is 1020. The first-order valence-electron chi connectivity index (χ1n) is 8.93. The Hall–Kier alpha value is -2.93. The van der Waals surface area contributed by atoms with Gasteiger partial charge in [-0.15, -0.1) is 0 Å². The predicted molar refractivity (Wildman–Crippen MR) is 116 cm³/mol. The van der Waals surface area contributed by atoms with Crippen LogP contribution in [0, 0.1) is 6.92 Å². The van der Waals surface area contributed by atoms with Gasteiger partial charge >= 0.3 is 5.82 Å². The van der Waals surface area contributed by atoms with Crippen molar-refractivity contribution in [3.8, 4) is 5.75 Å². The summed E-state index contributed by atoms with van der Waals surface area (Å²) in [6, 6.07) is 9.87. The van der Waals surface area contributed by atoms with E-state index in [1.54, 1.807) is 43.3 Å². The van der Waals surface area contributed by atoms with E-state index in [4.69, 9.17) is 33.1 Å². The third-order valence-corrected chi connectivity index (χ3v) is 3.51. The second kappa shape index (κ2) is 15.0. The van der Waals surface area contributed by atoms with E-state index in [2.05, 4.69) is 19.1 Å². The number of aromatic hydroxyl groups is 1. The number of phenols is 1. The van der Waals surface area contributed by atoms with Crippen molar-refractivity contribution in [3.05, 3.63) is 58.5 Å². The fourth-order valence-corrected chi connectivity index (χ4v) is 1.90. The number of nitrogens with two attached hydrogens (primary N) is 4. The molecule has 0 unspecified atom stereocenters. The quantitative estimate of drug-likeness (QED) is 0.184. The molecule has 1 amide bonds. The number of hydrogen-bond acceptors (Lipinski definition) is 11. The van der Waals surface area contributed by atoms with Crippen LogP contribution in [0.1, 0.15) is 17.9 Å². The standard InChI is InChI=1S/C8H13N5O.C6H7NO.C5H6O4.Y/c9-4-3-7(14)12-6-2-1-5(10)8(11)13-6;7-5-3-1-2-4-6(5)8;1-3-4(2-6)9-5(7)8-3;/h1-2H,3-4,9-10H2,(H3,11,12,13,14);1-4,8H,7H2;6H,2H2,1H3;. The molecule has 0 atom stereocenters. The van der Waals surface area contributed by atoms with Crippen LogP contribution in [0.15, 0.2) is 50.0 Å². The summed E-state index contributed by atoms with van der Waals surface area (Å²) in [5.74, 6) is 0.307. The minimum atomic E-state index is -0.767. The summed E-state index contributed by atoms with van der Waals surface area (Å²) in [6.45, 7) is 1.56. The summed E-state index contributed by atoms with van der Waals surface area (Å²) < 4.78 is 8.81. The molecule has 32 heavy (non-hydrogen) atoms. The molecule has 0 aliphatic heterocycles. The summed E-state index contributed by atoms with van der Waals surface area (Å²) >= 11 is 0. The van der Waals surface area contributed by atoms with Crippen molar-refractivity contribution in [3.63, 3.8) is 0 Å². The summed E-state index contributed by atoms with van der Waals surface area (Å²) in [5.41, 5.74) is 22.2. The van der Waals surface area contributed by atoms with E-state index < -0.39 is 5.82 Å². The van der Waals surface area contributed by atoms with Crippen molar-refractivity contribution in [2.24, 2.45) is 5.73 Å². The molecule has 1 radical (unpaired) electrons. The number of aliphatic hydroxyl groups excluding tert-OH is 1. The Labute approximate surface area is 208 Å².